The molecule has 1 aromatic carbocycles. The van der Waals surface area contributed by atoms with Crippen LogP contribution in [-0.2, 0) is 6.42 Å². The summed E-state index contributed by atoms with van der Waals surface area (Å²) < 4.78 is 13.2. The average molecular weight is 222 g/mol. The van der Waals surface area contributed by atoms with Crippen LogP contribution in [0.2, 0.25) is 0 Å². The van der Waals surface area contributed by atoms with Gasteiger partial charge in [0.25, 0.3) is 0 Å². The SMILES string of the molecule is CCC(CNC)N1CCc2ccc(F)cc21. The highest BCUT2D eigenvalue weighted by Crippen LogP contribution is 2.30. The number of rotatable bonds is 4. The van der Waals surface area contributed by atoms with Gasteiger partial charge in [0.2, 0.25) is 0 Å². The van der Waals surface area contributed by atoms with E-state index in [0.29, 0.717) is 6.04 Å². The first-order valence-corrected chi connectivity index (χ1v) is 5.96. The fourth-order valence-electron chi connectivity index (χ4n) is 2.47. The van der Waals surface area contributed by atoms with Gasteiger partial charge in [-0.15, -0.1) is 0 Å². The van der Waals surface area contributed by atoms with Crippen LogP contribution in [0.15, 0.2) is 18.2 Å². The second-order valence-corrected chi connectivity index (χ2v) is 4.34. The summed E-state index contributed by atoms with van der Waals surface area (Å²) in [5.41, 5.74) is 2.36. The molecule has 0 saturated carbocycles. The molecule has 0 aromatic heterocycles. The molecular formula is C13H19FN2. The third-order valence-electron chi connectivity index (χ3n) is 3.33. The number of anilines is 1. The van der Waals surface area contributed by atoms with Gasteiger partial charge in [0, 0.05) is 24.8 Å². The third-order valence-corrected chi connectivity index (χ3v) is 3.33. The normalized spacial score (nSPS) is 16.3. The van der Waals surface area contributed by atoms with E-state index in [9.17, 15) is 4.39 Å². The van der Waals surface area contributed by atoms with Gasteiger partial charge in [0.1, 0.15) is 5.82 Å². The lowest BCUT2D eigenvalue weighted by Gasteiger charge is -2.29. The molecular weight excluding hydrogens is 203 g/mol. The van der Waals surface area contributed by atoms with E-state index in [1.807, 2.05) is 13.1 Å². The van der Waals surface area contributed by atoms with Crippen LogP contribution in [0, 0.1) is 5.82 Å². The Morgan fingerprint density at radius 2 is 2.31 bits per heavy atom. The second-order valence-electron chi connectivity index (χ2n) is 4.34. The van der Waals surface area contributed by atoms with Gasteiger partial charge in [-0.3, -0.25) is 0 Å². The van der Waals surface area contributed by atoms with Gasteiger partial charge in [-0.05, 0) is 37.6 Å². The zero-order valence-corrected chi connectivity index (χ0v) is 9.96. The minimum Gasteiger partial charge on any atom is -0.367 e. The Morgan fingerprint density at radius 3 is 3.00 bits per heavy atom. The molecule has 1 aliphatic heterocycles. The zero-order chi connectivity index (χ0) is 11.5. The van der Waals surface area contributed by atoms with E-state index in [4.69, 9.17) is 0 Å². The maximum absolute atomic E-state index is 13.2. The van der Waals surface area contributed by atoms with Crippen molar-refractivity contribution in [2.75, 3.05) is 25.0 Å². The first kappa shape index (κ1) is 11.4. The van der Waals surface area contributed by atoms with Crippen molar-refractivity contribution in [3.63, 3.8) is 0 Å². The molecule has 88 valence electrons. The molecule has 1 aromatic rings. The molecule has 16 heavy (non-hydrogen) atoms. The molecule has 0 spiro atoms. The van der Waals surface area contributed by atoms with Crippen LogP contribution in [0.1, 0.15) is 18.9 Å². The predicted octanol–water partition coefficient (Wildman–Crippen LogP) is 2.19. The molecule has 1 unspecified atom stereocenters. The van der Waals surface area contributed by atoms with Crippen molar-refractivity contribution in [2.24, 2.45) is 0 Å². The lowest BCUT2D eigenvalue weighted by atomic mass is 10.1. The van der Waals surface area contributed by atoms with Crippen molar-refractivity contribution < 1.29 is 4.39 Å². The Kier molecular flexibility index (Phi) is 3.44. The first-order valence-electron chi connectivity index (χ1n) is 5.96. The largest absolute Gasteiger partial charge is 0.367 e. The molecule has 0 amide bonds. The minimum atomic E-state index is -0.134. The maximum atomic E-state index is 13.2. The Labute approximate surface area is 96.5 Å². The van der Waals surface area contributed by atoms with Crippen molar-refractivity contribution in [1.29, 1.82) is 0 Å². The number of benzene rings is 1. The quantitative estimate of drug-likeness (QED) is 0.840. The standard InChI is InChI=1S/C13H19FN2/c1-3-12(9-15-2)16-7-6-10-4-5-11(14)8-13(10)16/h4-5,8,12,15H,3,6-7,9H2,1-2H3. The summed E-state index contributed by atoms with van der Waals surface area (Å²) in [6.07, 6.45) is 2.12. The van der Waals surface area contributed by atoms with Gasteiger partial charge in [0.15, 0.2) is 0 Å². The van der Waals surface area contributed by atoms with E-state index >= 15 is 0 Å². The highest BCUT2D eigenvalue weighted by molar-refractivity contribution is 5.58. The Bertz CT molecular complexity index is 365. The summed E-state index contributed by atoms with van der Waals surface area (Å²) >= 11 is 0. The summed E-state index contributed by atoms with van der Waals surface area (Å²) in [4.78, 5) is 2.33. The number of hydrogen-bond donors (Lipinski definition) is 1. The van der Waals surface area contributed by atoms with Crippen molar-refractivity contribution in [3.8, 4) is 0 Å². The van der Waals surface area contributed by atoms with E-state index in [-0.39, 0.29) is 5.82 Å². The molecule has 1 N–H and O–H groups in total. The Hall–Kier alpha value is -1.09. The lowest BCUT2D eigenvalue weighted by molar-refractivity contribution is 0.553. The van der Waals surface area contributed by atoms with Crippen LogP contribution >= 0.6 is 0 Å². The van der Waals surface area contributed by atoms with E-state index in [1.165, 1.54) is 5.56 Å². The average Bonchev–Trinajstić information content (AvgIpc) is 2.69. The highest BCUT2D eigenvalue weighted by Gasteiger charge is 2.24. The molecule has 1 atom stereocenters. The van der Waals surface area contributed by atoms with Crippen molar-refractivity contribution in [3.05, 3.63) is 29.6 Å². The molecule has 1 heterocycles. The number of hydrogen-bond acceptors (Lipinski definition) is 2. The first-order chi connectivity index (χ1) is 7.76. The molecule has 3 heteroatoms. The molecule has 0 bridgehead atoms. The van der Waals surface area contributed by atoms with E-state index in [1.54, 1.807) is 12.1 Å². The fourth-order valence-corrected chi connectivity index (χ4v) is 2.47. The van der Waals surface area contributed by atoms with Crippen LogP contribution < -0.4 is 10.2 Å². The molecule has 0 saturated heterocycles. The summed E-state index contributed by atoms with van der Waals surface area (Å²) in [5.74, 6) is -0.134. The van der Waals surface area contributed by atoms with Crippen LogP contribution in [-0.4, -0.2) is 26.2 Å². The number of halogens is 1. The van der Waals surface area contributed by atoms with E-state index in [0.717, 1.165) is 31.6 Å². The van der Waals surface area contributed by atoms with Gasteiger partial charge in [-0.25, -0.2) is 4.39 Å². The summed E-state index contributed by atoms with van der Waals surface area (Å²) in [7, 11) is 1.96. The summed E-state index contributed by atoms with van der Waals surface area (Å²) in [5, 5.41) is 3.21. The number of nitrogens with one attached hydrogen (secondary N) is 1. The van der Waals surface area contributed by atoms with Crippen LogP contribution in [0.3, 0.4) is 0 Å². The van der Waals surface area contributed by atoms with Crippen LogP contribution in [0.25, 0.3) is 0 Å². The predicted molar refractivity (Wildman–Crippen MR) is 65.5 cm³/mol. The van der Waals surface area contributed by atoms with Gasteiger partial charge in [-0.2, -0.15) is 0 Å². The van der Waals surface area contributed by atoms with Crippen LogP contribution in [0.5, 0.6) is 0 Å². The van der Waals surface area contributed by atoms with Gasteiger partial charge >= 0.3 is 0 Å². The summed E-state index contributed by atoms with van der Waals surface area (Å²) in [6, 6.07) is 5.60. The van der Waals surface area contributed by atoms with Crippen molar-refractivity contribution in [1.82, 2.24) is 5.32 Å². The van der Waals surface area contributed by atoms with E-state index < -0.39 is 0 Å². The molecule has 2 rings (SSSR count). The van der Waals surface area contributed by atoms with Gasteiger partial charge in [0.05, 0.1) is 0 Å². The van der Waals surface area contributed by atoms with Crippen LogP contribution in [0.4, 0.5) is 10.1 Å². The minimum absolute atomic E-state index is 0.134. The second kappa shape index (κ2) is 4.83. The van der Waals surface area contributed by atoms with Crippen molar-refractivity contribution >= 4 is 5.69 Å². The monoisotopic (exact) mass is 222 g/mol. The Balaban J connectivity index is 2.24. The number of fused-ring (bicyclic) bond motifs is 1. The Morgan fingerprint density at radius 1 is 1.50 bits per heavy atom. The fraction of sp³-hybridized carbons (Fsp3) is 0.538. The van der Waals surface area contributed by atoms with Gasteiger partial charge in [-0.1, -0.05) is 13.0 Å². The third kappa shape index (κ3) is 2.05. The number of nitrogens with zero attached hydrogens (tertiary/aromatic N) is 1. The summed E-state index contributed by atoms with van der Waals surface area (Å²) in [6.45, 7) is 4.14. The highest BCUT2D eigenvalue weighted by atomic mass is 19.1. The molecule has 1 aliphatic rings. The molecule has 0 fully saturated rings. The van der Waals surface area contributed by atoms with Crippen molar-refractivity contribution in [2.45, 2.75) is 25.8 Å². The number of likely N-dealkylation sites (N-methyl/N-ethyl adjacent to an activating group) is 1. The maximum Gasteiger partial charge on any atom is 0.125 e. The molecule has 0 radical (unpaired) electrons. The zero-order valence-electron chi connectivity index (χ0n) is 9.96. The van der Waals surface area contributed by atoms with E-state index in [2.05, 4.69) is 17.1 Å². The molecule has 0 aliphatic carbocycles. The molecule has 2 nitrogen and oxygen atoms in total. The lowest BCUT2D eigenvalue weighted by Crippen LogP contribution is -2.40. The smallest absolute Gasteiger partial charge is 0.125 e. The topological polar surface area (TPSA) is 15.3 Å². The van der Waals surface area contributed by atoms with Gasteiger partial charge < -0.3 is 10.2 Å².